The summed E-state index contributed by atoms with van der Waals surface area (Å²) >= 11 is 0. The summed E-state index contributed by atoms with van der Waals surface area (Å²) in [5.74, 6) is 0.925. The van der Waals surface area contributed by atoms with Gasteiger partial charge in [0.1, 0.15) is 22.0 Å². The fourth-order valence-electron chi connectivity index (χ4n) is 4.54. The van der Waals surface area contributed by atoms with Crippen molar-refractivity contribution in [2.75, 3.05) is 37.5 Å². The fourth-order valence-corrected chi connectivity index (χ4v) is 5.19. The lowest BCUT2D eigenvalue weighted by atomic mass is 10.1. The third kappa shape index (κ3) is 7.15. The molecule has 0 atom stereocenters. The minimum Gasteiger partial charge on any atom is -0.340 e. The van der Waals surface area contributed by atoms with Gasteiger partial charge in [-0.25, -0.2) is 18.4 Å². The van der Waals surface area contributed by atoms with Crippen LogP contribution in [0.4, 0.5) is 11.5 Å². The van der Waals surface area contributed by atoms with E-state index in [9.17, 15) is 8.42 Å². The van der Waals surface area contributed by atoms with Crippen LogP contribution in [-0.4, -0.2) is 70.2 Å². The van der Waals surface area contributed by atoms with Gasteiger partial charge in [-0.2, -0.15) is 5.10 Å². The molecule has 0 unspecified atom stereocenters. The minimum atomic E-state index is -2.94. The molecule has 202 valence electrons. The van der Waals surface area contributed by atoms with Gasteiger partial charge >= 0.3 is 0 Å². The second-order valence-electron chi connectivity index (χ2n) is 9.99. The zero-order valence-corrected chi connectivity index (χ0v) is 23.1. The van der Waals surface area contributed by atoms with Crippen molar-refractivity contribution in [3.05, 3.63) is 84.6 Å². The number of hydrogen-bond acceptors (Lipinski definition) is 8. The molecule has 5 aromatic rings. The monoisotopic (exact) mass is 543 g/mol. The number of rotatable bonds is 12. The molecule has 0 aliphatic heterocycles. The highest BCUT2D eigenvalue weighted by Crippen LogP contribution is 2.26. The first-order valence-corrected chi connectivity index (χ1v) is 15.1. The number of aromatic nitrogens is 5. The van der Waals surface area contributed by atoms with Crippen molar-refractivity contribution in [2.45, 2.75) is 25.8 Å². The lowest BCUT2D eigenvalue weighted by Crippen LogP contribution is -2.26. The van der Waals surface area contributed by atoms with Crippen LogP contribution in [-0.2, 0) is 22.8 Å². The Hall–Kier alpha value is -3.89. The van der Waals surface area contributed by atoms with Gasteiger partial charge in [0.2, 0.25) is 0 Å². The van der Waals surface area contributed by atoms with Crippen molar-refractivity contribution in [3.63, 3.8) is 0 Å². The third-order valence-corrected chi connectivity index (χ3v) is 7.65. The molecule has 0 saturated heterocycles. The Morgan fingerprint density at radius 1 is 0.949 bits per heavy atom. The standard InChI is InChI=1S/C29H33N7O2S/c1-35(14-15-39(2,37)38)13-7-6-10-24-17-26-27(19-30-24)31-21-32-29(26)34-25-11-12-28-23(16-25)18-33-36(28)20-22-8-4-3-5-9-22/h3-5,8-9,11-12,16-19,21H,6-7,10,13-15,20H2,1-2H3,(H,31,32,34). The first-order valence-electron chi connectivity index (χ1n) is 13.1. The van der Waals surface area contributed by atoms with Crippen LogP contribution in [0, 0.1) is 0 Å². The summed E-state index contributed by atoms with van der Waals surface area (Å²) in [6.07, 6.45) is 9.27. The Bertz CT molecular complexity index is 1670. The molecule has 0 bridgehead atoms. The molecule has 0 saturated carbocycles. The molecule has 1 N–H and O–H groups in total. The molecule has 0 spiro atoms. The highest BCUT2D eigenvalue weighted by atomic mass is 32.2. The number of pyridine rings is 1. The maximum Gasteiger partial charge on any atom is 0.148 e. The van der Waals surface area contributed by atoms with Crippen LogP contribution < -0.4 is 5.32 Å². The van der Waals surface area contributed by atoms with Gasteiger partial charge in [0, 0.05) is 35.0 Å². The molecule has 0 aliphatic rings. The minimum absolute atomic E-state index is 0.189. The van der Waals surface area contributed by atoms with E-state index in [0.717, 1.165) is 71.4 Å². The first-order chi connectivity index (χ1) is 18.8. The van der Waals surface area contributed by atoms with Crippen molar-refractivity contribution in [3.8, 4) is 0 Å². The van der Waals surface area contributed by atoms with Gasteiger partial charge in [-0.1, -0.05) is 30.3 Å². The van der Waals surface area contributed by atoms with E-state index in [1.807, 2.05) is 42.2 Å². The molecule has 0 fully saturated rings. The van der Waals surface area contributed by atoms with E-state index in [2.05, 4.69) is 60.6 Å². The van der Waals surface area contributed by atoms with E-state index in [-0.39, 0.29) is 5.75 Å². The number of fused-ring (bicyclic) bond motifs is 2. The normalized spacial score (nSPS) is 12.0. The lowest BCUT2D eigenvalue weighted by Gasteiger charge is -2.15. The first kappa shape index (κ1) is 26.7. The quantitative estimate of drug-likeness (QED) is 0.230. The number of anilines is 2. The zero-order chi connectivity index (χ0) is 27.2. The number of nitrogens with zero attached hydrogens (tertiary/aromatic N) is 6. The van der Waals surface area contributed by atoms with Crippen LogP contribution in [0.1, 0.15) is 24.1 Å². The van der Waals surface area contributed by atoms with E-state index in [4.69, 9.17) is 0 Å². The fraction of sp³-hybridized carbons (Fsp3) is 0.310. The van der Waals surface area contributed by atoms with Crippen LogP contribution in [0.3, 0.4) is 0 Å². The molecule has 3 aromatic heterocycles. The van der Waals surface area contributed by atoms with Crippen LogP contribution in [0.15, 0.2) is 73.3 Å². The predicted molar refractivity (Wildman–Crippen MR) is 156 cm³/mol. The van der Waals surface area contributed by atoms with Crippen molar-refractivity contribution in [1.29, 1.82) is 0 Å². The molecule has 5 rings (SSSR count). The number of nitrogens with one attached hydrogen (secondary N) is 1. The number of aryl methyl sites for hydroxylation is 1. The average Bonchev–Trinajstić information content (AvgIpc) is 3.32. The zero-order valence-electron chi connectivity index (χ0n) is 22.3. The molecule has 0 aliphatic carbocycles. The Labute approximate surface area is 228 Å². The van der Waals surface area contributed by atoms with E-state index in [1.165, 1.54) is 11.8 Å². The summed E-state index contributed by atoms with van der Waals surface area (Å²) in [6, 6.07) is 18.6. The van der Waals surface area contributed by atoms with Crippen LogP contribution in [0.5, 0.6) is 0 Å². The number of unbranched alkanes of at least 4 members (excludes halogenated alkanes) is 1. The second kappa shape index (κ2) is 11.9. The molecular formula is C29H33N7O2S. The largest absolute Gasteiger partial charge is 0.340 e. The van der Waals surface area contributed by atoms with Gasteiger partial charge in [0.25, 0.3) is 0 Å². The van der Waals surface area contributed by atoms with Gasteiger partial charge in [0.05, 0.1) is 35.7 Å². The highest BCUT2D eigenvalue weighted by molar-refractivity contribution is 7.90. The van der Waals surface area contributed by atoms with E-state index < -0.39 is 9.84 Å². The smallest absolute Gasteiger partial charge is 0.148 e. The molecule has 0 amide bonds. The summed E-state index contributed by atoms with van der Waals surface area (Å²) in [6.45, 7) is 2.13. The molecule has 10 heteroatoms. The van der Waals surface area contributed by atoms with Crippen molar-refractivity contribution < 1.29 is 8.42 Å². The molecule has 9 nitrogen and oxygen atoms in total. The van der Waals surface area contributed by atoms with E-state index >= 15 is 0 Å². The summed E-state index contributed by atoms with van der Waals surface area (Å²) in [5, 5.41) is 10.0. The maximum atomic E-state index is 11.4. The van der Waals surface area contributed by atoms with Crippen molar-refractivity contribution in [1.82, 2.24) is 29.6 Å². The SMILES string of the molecule is CN(CCCCc1cc2c(Nc3ccc4c(cnn4Cc4ccccc4)c3)ncnc2cn1)CCS(C)(=O)=O. The molecule has 0 radical (unpaired) electrons. The number of benzene rings is 2. The lowest BCUT2D eigenvalue weighted by molar-refractivity contribution is 0.344. The van der Waals surface area contributed by atoms with Gasteiger partial charge in [-0.3, -0.25) is 9.67 Å². The number of sulfone groups is 1. The van der Waals surface area contributed by atoms with Crippen LogP contribution >= 0.6 is 0 Å². The Balaban J connectivity index is 1.24. The molecule has 2 aromatic carbocycles. The Morgan fingerprint density at radius 2 is 1.79 bits per heavy atom. The Kier molecular flexibility index (Phi) is 8.13. The summed E-state index contributed by atoms with van der Waals surface area (Å²) in [7, 11) is -0.977. The molecule has 3 heterocycles. The van der Waals surface area contributed by atoms with Crippen LogP contribution in [0.25, 0.3) is 21.8 Å². The topological polar surface area (TPSA) is 106 Å². The summed E-state index contributed by atoms with van der Waals surface area (Å²) < 4.78 is 24.7. The highest BCUT2D eigenvalue weighted by Gasteiger charge is 2.10. The van der Waals surface area contributed by atoms with E-state index in [0.29, 0.717) is 6.54 Å². The molecule has 39 heavy (non-hydrogen) atoms. The summed E-state index contributed by atoms with van der Waals surface area (Å²) in [5.41, 5.74) is 4.98. The van der Waals surface area contributed by atoms with Gasteiger partial charge in [-0.15, -0.1) is 0 Å². The average molecular weight is 544 g/mol. The van der Waals surface area contributed by atoms with Crippen molar-refractivity contribution in [2.24, 2.45) is 0 Å². The Morgan fingerprint density at radius 3 is 2.62 bits per heavy atom. The van der Waals surface area contributed by atoms with Crippen LogP contribution in [0.2, 0.25) is 0 Å². The maximum absolute atomic E-state index is 11.4. The van der Waals surface area contributed by atoms with Gasteiger partial charge in [0.15, 0.2) is 0 Å². The van der Waals surface area contributed by atoms with Gasteiger partial charge < -0.3 is 10.2 Å². The number of hydrogen-bond donors (Lipinski definition) is 1. The van der Waals surface area contributed by atoms with E-state index in [1.54, 1.807) is 12.5 Å². The third-order valence-electron chi connectivity index (χ3n) is 6.72. The summed E-state index contributed by atoms with van der Waals surface area (Å²) in [4.78, 5) is 15.6. The molecular weight excluding hydrogens is 510 g/mol. The predicted octanol–water partition coefficient (Wildman–Crippen LogP) is 4.47. The van der Waals surface area contributed by atoms with Crippen molar-refractivity contribution >= 4 is 43.1 Å². The van der Waals surface area contributed by atoms with Gasteiger partial charge in [-0.05, 0) is 62.7 Å². The second-order valence-corrected chi connectivity index (χ2v) is 12.3.